The lowest BCUT2D eigenvalue weighted by Gasteiger charge is -2.04. The topological polar surface area (TPSA) is 37.3 Å². The van der Waals surface area contributed by atoms with Crippen molar-refractivity contribution in [3.05, 3.63) is 41.5 Å². The van der Waals surface area contributed by atoms with E-state index in [1.807, 2.05) is 0 Å². The van der Waals surface area contributed by atoms with Crippen molar-refractivity contribution in [3.63, 3.8) is 0 Å². The van der Waals surface area contributed by atoms with Gasteiger partial charge in [0, 0.05) is 6.08 Å². The van der Waals surface area contributed by atoms with E-state index in [-0.39, 0.29) is 0 Å². The SMILES string of the molecule is CC/C(=C\C(=O)O)c1ccc(F)c(F)c1. The van der Waals surface area contributed by atoms with Crippen LogP contribution in [0.3, 0.4) is 0 Å². The number of halogens is 2. The third-order valence-electron chi connectivity index (χ3n) is 1.97. The molecule has 1 aromatic rings. The maximum absolute atomic E-state index is 12.9. The van der Waals surface area contributed by atoms with Crippen LogP contribution in [0.15, 0.2) is 24.3 Å². The molecule has 2 nitrogen and oxygen atoms in total. The number of carboxylic acids is 1. The highest BCUT2D eigenvalue weighted by molar-refractivity contribution is 5.89. The van der Waals surface area contributed by atoms with Crippen molar-refractivity contribution in [2.24, 2.45) is 0 Å². The van der Waals surface area contributed by atoms with Crippen LogP contribution in [0.1, 0.15) is 18.9 Å². The van der Waals surface area contributed by atoms with E-state index in [1.165, 1.54) is 6.07 Å². The summed E-state index contributed by atoms with van der Waals surface area (Å²) in [6, 6.07) is 3.33. The molecule has 80 valence electrons. The summed E-state index contributed by atoms with van der Waals surface area (Å²) in [4.78, 5) is 10.4. The summed E-state index contributed by atoms with van der Waals surface area (Å²) in [5.41, 5.74) is 0.847. The average Bonchev–Trinajstić information content (AvgIpc) is 2.18. The highest BCUT2D eigenvalue weighted by Crippen LogP contribution is 2.20. The summed E-state index contributed by atoms with van der Waals surface area (Å²) < 4.78 is 25.5. The Morgan fingerprint density at radius 2 is 2.07 bits per heavy atom. The first-order chi connectivity index (χ1) is 7.04. The maximum atomic E-state index is 12.9. The van der Waals surface area contributed by atoms with E-state index in [1.54, 1.807) is 6.92 Å². The fourth-order valence-corrected chi connectivity index (χ4v) is 1.23. The van der Waals surface area contributed by atoms with Crippen LogP contribution in [0.4, 0.5) is 8.78 Å². The molecule has 0 heterocycles. The number of benzene rings is 1. The number of allylic oxidation sites excluding steroid dienone is 1. The smallest absolute Gasteiger partial charge is 0.328 e. The van der Waals surface area contributed by atoms with Gasteiger partial charge in [-0.1, -0.05) is 13.0 Å². The molecule has 0 saturated carbocycles. The van der Waals surface area contributed by atoms with Crippen LogP contribution in [0.2, 0.25) is 0 Å². The Balaban J connectivity index is 3.14. The zero-order valence-corrected chi connectivity index (χ0v) is 8.13. The van der Waals surface area contributed by atoms with Gasteiger partial charge in [0.25, 0.3) is 0 Å². The van der Waals surface area contributed by atoms with Gasteiger partial charge in [-0.25, -0.2) is 13.6 Å². The van der Waals surface area contributed by atoms with E-state index in [0.717, 1.165) is 18.2 Å². The van der Waals surface area contributed by atoms with Crippen molar-refractivity contribution < 1.29 is 18.7 Å². The van der Waals surface area contributed by atoms with Crippen molar-refractivity contribution in [2.45, 2.75) is 13.3 Å². The molecule has 0 aliphatic heterocycles. The van der Waals surface area contributed by atoms with E-state index in [0.29, 0.717) is 17.6 Å². The minimum Gasteiger partial charge on any atom is -0.478 e. The first-order valence-corrected chi connectivity index (χ1v) is 4.43. The van der Waals surface area contributed by atoms with Gasteiger partial charge in [-0.2, -0.15) is 0 Å². The Hall–Kier alpha value is -1.71. The lowest BCUT2D eigenvalue weighted by molar-refractivity contribution is -0.131. The third kappa shape index (κ3) is 2.87. The molecule has 0 fully saturated rings. The molecule has 1 aromatic carbocycles. The first kappa shape index (κ1) is 11.4. The maximum Gasteiger partial charge on any atom is 0.328 e. The summed E-state index contributed by atoms with van der Waals surface area (Å²) in [6.45, 7) is 1.75. The lowest BCUT2D eigenvalue weighted by Crippen LogP contribution is -1.93. The fourth-order valence-electron chi connectivity index (χ4n) is 1.23. The number of aliphatic carboxylic acids is 1. The molecular weight excluding hydrogens is 202 g/mol. The van der Waals surface area contributed by atoms with Crippen LogP contribution < -0.4 is 0 Å². The van der Waals surface area contributed by atoms with E-state index >= 15 is 0 Å². The molecule has 0 unspecified atom stereocenters. The van der Waals surface area contributed by atoms with E-state index in [2.05, 4.69) is 0 Å². The van der Waals surface area contributed by atoms with Gasteiger partial charge in [-0.05, 0) is 29.7 Å². The van der Waals surface area contributed by atoms with E-state index < -0.39 is 17.6 Å². The molecule has 0 amide bonds. The molecule has 15 heavy (non-hydrogen) atoms. The number of hydrogen-bond acceptors (Lipinski definition) is 1. The molecule has 0 saturated heterocycles. The molecule has 0 radical (unpaired) electrons. The van der Waals surface area contributed by atoms with Crippen LogP contribution >= 0.6 is 0 Å². The Bertz CT molecular complexity index is 411. The van der Waals surface area contributed by atoms with Gasteiger partial charge >= 0.3 is 5.97 Å². The van der Waals surface area contributed by atoms with Gasteiger partial charge in [0.05, 0.1) is 0 Å². The van der Waals surface area contributed by atoms with Crippen molar-refractivity contribution in [1.82, 2.24) is 0 Å². The molecule has 0 aliphatic rings. The Kier molecular flexibility index (Phi) is 3.55. The molecule has 0 spiro atoms. The van der Waals surface area contributed by atoms with Gasteiger partial charge in [-0.15, -0.1) is 0 Å². The molecular formula is C11H10F2O2. The van der Waals surface area contributed by atoms with Crippen molar-refractivity contribution in [2.75, 3.05) is 0 Å². The second-order valence-corrected chi connectivity index (χ2v) is 2.99. The number of carboxylic acid groups (broad SMARTS) is 1. The van der Waals surface area contributed by atoms with Gasteiger partial charge in [-0.3, -0.25) is 0 Å². The normalized spacial score (nSPS) is 11.5. The monoisotopic (exact) mass is 212 g/mol. The predicted octanol–water partition coefficient (Wildman–Crippen LogP) is 2.84. The minimum atomic E-state index is -1.10. The number of rotatable bonds is 3. The zero-order chi connectivity index (χ0) is 11.4. The van der Waals surface area contributed by atoms with Crippen molar-refractivity contribution >= 4 is 11.5 Å². The lowest BCUT2D eigenvalue weighted by atomic mass is 10.0. The van der Waals surface area contributed by atoms with E-state index in [4.69, 9.17) is 5.11 Å². The summed E-state index contributed by atoms with van der Waals surface area (Å²) >= 11 is 0. The van der Waals surface area contributed by atoms with Crippen molar-refractivity contribution in [1.29, 1.82) is 0 Å². The molecule has 0 atom stereocenters. The predicted molar refractivity (Wildman–Crippen MR) is 52.3 cm³/mol. The second kappa shape index (κ2) is 4.68. The van der Waals surface area contributed by atoms with Crippen LogP contribution in [-0.2, 0) is 4.79 Å². The van der Waals surface area contributed by atoms with E-state index in [9.17, 15) is 13.6 Å². The van der Waals surface area contributed by atoms with Gasteiger partial charge in [0.15, 0.2) is 11.6 Å². The van der Waals surface area contributed by atoms with Gasteiger partial charge < -0.3 is 5.11 Å². The Morgan fingerprint density at radius 1 is 1.40 bits per heavy atom. The van der Waals surface area contributed by atoms with Gasteiger partial charge in [0.2, 0.25) is 0 Å². The minimum absolute atomic E-state index is 0.388. The summed E-state index contributed by atoms with van der Waals surface area (Å²) in [7, 11) is 0. The summed E-state index contributed by atoms with van der Waals surface area (Å²) in [5, 5.41) is 8.56. The Morgan fingerprint density at radius 3 is 2.53 bits per heavy atom. The number of carbonyl (C=O) groups is 1. The fraction of sp³-hybridized carbons (Fsp3) is 0.182. The third-order valence-corrected chi connectivity index (χ3v) is 1.97. The second-order valence-electron chi connectivity index (χ2n) is 2.99. The van der Waals surface area contributed by atoms with Crippen LogP contribution in [0.25, 0.3) is 5.57 Å². The van der Waals surface area contributed by atoms with Crippen LogP contribution in [0, 0.1) is 11.6 Å². The van der Waals surface area contributed by atoms with Crippen LogP contribution in [0.5, 0.6) is 0 Å². The molecule has 0 aromatic heterocycles. The largest absolute Gasteiger partial charge is 0.478 e. The summed E-state index contributed by atoms with van der Waals surface area (Å²) in [5.74, 6) is -3.02. The van der Waals surface area contributed by atoms with Crippen molar-refractivity contribution in [3.8, 4) is 0 Å². The average molecular weight is 212 g/mol. The molecule has 0 aliphatic carbocycles. The first-order valence-electron chi connectivity index (χ1n) is 4.43. The highest BCUT2D eigenvalue weighted by atomic mass is 19.2. The summed E-state index contributed by atoms with van der Waals surface area (Å²) in [6.07, 6.45) is 1.43. The standard InChI is InChI=1S/C11H10F2O2/c1-2-7(6-11(14)15)8-3-4-9(12)10(13)5-8/h3-6H,2H2,1H3,(H,14,15)/b7-6+. The molecule has 0 bridgehead atoms. The quantitative estimate of drug-likeness (QED) is 0.782. The molecule has 1 N–H and O–H groups in total. The van der Waals surface area contributed by atoms with Crippen LogP contribution in [-0.4, -0.2) is 11.1 Å². The molecule has 4 heteroatoms. The Labute approximate surface area is 85.9 Å². The van der Waals surface area contributed by atoms with Gasteiger partial charge in [0.1, 0.15) is 0 Å². The number of hydrogen-bond donors (Lipinski definition) is 1. The zero-order valence-electron chi connectivity index (χ0n) is 8.13. The highest BCUT2D eigenvalue weighted by Gasteiger charge is 2.06. The molecule has 1 rings (SSSR count).